The molecule has 8 aromatic carbocycles. The molecule has 9 atom stereocenters. The zero-order valence-corrected chi connectivity index (χ0v) is 46.1. The first kappa shape index (κ1) is 59.6. The summed E-state index contributed by atoms with van der Waals surface area (Å²) in [5, 5.41) is 11.9. The molecule has 0 spiro atoms. The van der Waals surface area contributed by atoms with Crippen LogP contribution < -0.4 is 0 Å². The Kier molecular flexibility index (Phi) is 18.8. The van der Waals surface area contributed by atoms with Gasteiger partial charge in [-0.3, -0.25) is 0 Å². The Bertz CT molecular complexity index is 3680. The van der Waals surface area contributed by atoms with Gasteiger partial charge in [0.1, 0.15) is 25.4 Å². The van der Waals surface area contributed by atoms with Gasteiger partial charge in [0.2, 0.25) is 11.7 Å². The number of benzene rings is 8. The smallest absolute Gasteiger partial charge is 0.340 e. The van der Waals surface area contributed by atoms with E-state index in [2.05, 4.69) is 0 Å². The summed E-state index contributed by atoms with van der Waals surface area (Å²) in [7, 11) is 0. The first-order valence-corrected chi connectivity index (χ1v) is 27.4. The summed E-state index contributed by atoms with van der Waals surface area (Å²) < 4.78 is 65.5. The molecule has 1 N–H and O–H groups in total. The minimum Gasteiger partial charge on any atom is -0.459 e. The molecule has 0 aromatic heterocycles. The summed E-state index contributed by atoms with van der Waals surface area (Å²) in [6, 6.07) is 59.4. The molecule has 0 saturated carbocycles. The van der Waals surface area contributed by atoms with Crippen molar-refractivity contribution in [1.82, 2.24) is 0 Å². The van der Waals surface area contributed by atoms with Crippen molar-refractivity contribution in [2.24, 2.45) is 0 Å². The summed E-state index contributed by atoms with van der Waals surface area (Å²) in [6.07, 6.45) is -15.5. The van der Waals surface area contributed by atoms with Crippen LogP contribution in [0.4, 0.5) is 0 Å². The molecule has 0 unspecified atom stereocenters. The molecule has 10 rings (SSSR count). The van der Waals surface area contributed by atoms with Crippen LogP contribution in [0.15, 0.2) is 243 Å². The molecule has 8 aromatic rings. The molecule has 0 aliphatic carbocycles. The Hall–Kier alpha value is -10.6. The van der Waals surface area contributed by atoms with Crippen LogP contribution in [-0.2, 0) is 47.4 Å². The van der Waals surface area contributed by atoms with E-state index in [1.54, 1.807) is 60.7 Å². The lowest BCUT2D eigenvalue weighted by Crippen LogP contribution is -2.80. The highest BCUT2D eigenvalue weighted by Gasteiger charge is 2.80. The van der Waals surface area contributed by atoms with Crippen LogP contribution in [-0.4, -0.2) is 127 Å². The summed E-state index contributed by atoms with van der Waals surface area (Å²) >= 11 is 0. The van der Waals surface area contributed by atoms with Gasteiger partial charge < -0.3 is 52.5 Å². The lowest BCUT2D eigenvalue weighted by molar-refractivity contribution is -0.408. The van der Waals surface area contributed by atoms with Gasteiger partial charge in [-0.05, 0) is 97.1 Å². The molecule has 2 fully saturated rings. The number of rotatable bonds is 20. The number of esters is 8. The third-order valence-electron chi connectivity index (χ3n) is 14.3. The van der Waals surface area contributed by atoms with Crippen molar-refractivity contribution in [2.75, 3.05) is 19.8 Å². The van der Waals surface area contributed by atoms with Crippen LogP contribution in [0, 0.1) is 0 Å². The average molecular weight is 1180 g/mol. The largest absolute Gasteiger partial charge is 0.459 e. The van der Waals surface area contributed by atoms with E-state index in [1.807, 2.05) is 0 Å². The molecular formula is C68H54O19. The second-order valence-corrected chi connectivity index (χ2v) is 19.8. The minimum atomic E-state index is -3.52. The van der Waals surface area contributed by atoms with Crippen molar-refractivity contribution >= 4 is 47.8 Å². The van der Waals surface area contributed by atoms with Gasteiger partial charge in [-0.25, -0.2) is 38.4 Å². The topological polar surface area (TPSA) is 249 Å². The van der Waals surface area contributed by atoms with E-state index >= 15 is 14.4 Å². The number of aliphatic hydroxyl groups is 1. The predicted octanol–water partition coefficient (Wildman–Crippen LogP) is 8.91. The van der Waals surface area contributed by atoms with Crippen molar-refractivity contribution in [3.05, 3.63) is 287 Å². The van der Waals surface area contributed by atoms with E-state index in [0.29, 0.717) is 0 Å². The van der Waals surface area contributed by atoms with Crippen molar-refractivity contribution in [1.29, 1.82) is 0 Å². The maximum Gasteiger partial charge on any atom is 0.340 e. The first-order chi connectivity index (χ1) is 42.4. The Morgan fingerprint density at radius 2 is 0.621 bits per heavy atom. The highest BCUT2D eigenvalue weighted by molar-refractivity contribution is 5.94. The van der Waals surface area contributed by atoms with Crippen LogP contribution >= 0.6 is 0 Å². The van der Waals surface area contributed by atoms with E-state index < -0.39 is 122 Å². The van der Waals surface area contributed by atoms with Gasteiger partial charge in [-0.15, -0.1) is 0 Å². The van der Waals surface area contributed by atoms with Gasteiger partial charge in [-0.2, -0.15) is 0 Å². The minimum absolute atomic E-state index is 0.0464. The third kappa shape index (κ3) is 13.4. The van der Waals surface area contributed by atoms with Crippen LogP contribution in [0.2, 0.25) is 0 Å². The number of carbonyl (C=O) groups excluding carboxylic acids is 8. The molecule has 87 heavy (non-hydrogen) atoms. The van der Waals surface area contributed by atoms with E-state index in [-0.39, 0.29) is 44.5 Å². The molecule has 2 aliphatic heterocycles. The summed E-state index contributed by atoms with van der Waals surface area (Å²) in [6.45, 7) is -3.49. The van der Waals surface area contributed by atoms with Gasteiger partial charge in [0, 0.05) is 0 Å². The molecule has 0 radical (unpaired) electrons. The highest BCUT2D eigenvalue weighted by atomic mass is 16.8. The fourth-order valence-electron chi connectivity index (χ4n) is 10.0. The Morgan fingerprint density at radius 1 is 0.322 bits per heavy atom. The molecule has 440 valence electrons. The third-order valence-corrected chi connectivity index (χ3v) is 14.3. The molecule has 2 heterocycles. The second kappa shape index (κ2) is 27.4. The standard InChI is InChI=1S/C68H54O19/c69-41-52-54(80-61(72)46-29-13-3-14-30-46)56(82-63(74)48-33-17-5-18-34-48)58(84-65(76)50-37-21-7-22-38-50)68(86-52,87-66(77)51-39-23-8-24-40-51)67(43-79-60(71)45-27-11-2-12-28-45)57(83-64(75)49-35-19-6-20-36-49)55(81-62(73)47-31-15-4-16-32-47)53(85-67)42-78-59(70)44-25-9-1-10-26-44/h1-40,52-58,69H,41-43H2/t52-,53-,54-,55-,56+,57+,58-,67+,68+/m1/s1. The Morgan fingerprint density at radius 3 is 0.989 bits per heavy atom. The highest BCUT2D eigenvalue weighted by Crippen LogP contribution is 2.53. The maximum absolute atomic E-state index is 15.6. The quantitative estimate of drug-likeness (QED) is 0.0552. The van der Waals surface area contributed by atoms with Crippen LogP contribution in [0.3, 0.4) is 0 Å². The number of carbonyl (C=O) groups is 8. The van der Waals surface area contributed by atoms with Gasteiger partial charge in [-0.1, -0.05) is 146 Å². The number of ether oxygens (including phenoxy) is 10. The fourth-order valence-corrected chi connectivity index (χ4v) is 10.0. The summed E-state index contributed by atoms with van der Waals surface area (Å²) in [4.78, 5) is 119. The van der Waals surface area contributed by atoms with E-state index in [0.717, 1.165) is 0 Å². The predicted molar refractivity (Wildman–Crippen MR) is 306 cm³/mol. The fraction of sp³-hybridized carbons (Fsp3) is 0.176. The van der Waals surface area contributed by atoms with Crippen LogP contribution in [0.25, 0.3) is 0 Å². The van der Waals surface area contributed by atoms with E-state index in [4.69, 9.17) is 47.4 Å². The SMILES string of the molecule is O=C(OC[C@H]1O[C@](COC(=O)c2ccccc2)([C@]2(OC(=O)c3ccccc3)O[C@H](CO)[C@@H](OC(=O)c3ccccc3)[C@H](OC(=O)c3ccccc3)[C@H]2OC(=O)c2ccccc2)[C@@H](OC(=O)c2ccccc2)[C@@H]1OC(=O)c1ccccc1)c1ccccc1. The van der Waals surface area contributed by atoms with Crippen LogP contribution in [0.1, 0.15) is 82.9 Å². The molecule has 2 saturated heterocycles. The van der Waals surface area contributed by atoms with Gasteiger partial charge >= 0.3 is 47.8 Å². The van der Waals surface area contributed by atoms with Gasteiger partial charge in [0.05, 0.1) is 51.1 Å². The number of aliphatic hydroxyl groups excluding tert-OH is 1. The van der Waals surface area contributed by atoms with Crippen molar-refractivity contribution in [3.63, 3.8) is 0 Å². The Labute approximate surface area is 497 Å². The van der Waals surface area contributed by atoms with Crippen molar-refractivity contribution in [3.8, 4) is 0 Å². The molecular weight excluding hydrogens is 1120 g/mol. The lowest BCUT2D eigenvalue weighted by Gasteiger charge is -2.56. The molecule has 0 amide bonds. The molecule has 19 heteroatoms. The second-order valence-electron chi connectivity index (χ2n) is 19.8. The first-order valence-electron chi connectivity index (χ1n) is 27.4. The van der Waals surface area contributed by atoms with Gasteiger partial charge in [0.15, 0.2) is 24.4 Å². The zero-order chi connectivity index (χ0) is 60.8. The number of hydrogen-bond acceptors (Lipinski definition) is 19. The molecule has 2 aliphatic rings. The monoisotopic (exact) mass is 1170 g/mol. The van der Waals surface area contributed by atoms with Crippen molar-refractivity contribution < 1.29 is 90.8 Å². The average Bonchev–Trinajstić information content (AvgIpc) is 1.68. The van der Waals surface area contributed by atoms with E-state index in [9.17, 15) is 29.1 Å². The Balaban J connectivity index is 1.29. The lowest BCUT2D eigenvalue weighted by atomic mass is 9.77. The summed E-state index contributed by atoms with van der Waals surface area (Å²) in [5.41, 5.74) is -4.04. The summed E-state index contributed by atoms with van der Waals surface area (Å²) in [5.74, 6) is -12.7. The van der Waals surface area contributed by atoms with Crippen molar-refractivity contribution in [2.45, 2.75) is 54.1 Å². The maximum atomic E-state index is 15.6. The normalized spacial score (nSPS) is 22.0. The van der Waals surface area contributed by atoms with Crippen LogP contribution in [0.5, 0.6) is 0 Å². The molecule has 0 bridgehead atoms. The number of hydrogen-bond donors (Lipinski definition) is 1. The van der Waals surface area contributed by atoms with E-state index in [1.165, 1.54) is 182 Å². The zero-order valence-electron chi connectivity index (χ0n) is 46.1. The molecule has 19 nitrogen and oxygen atoms in total. The van der Waals surface area contributed by atoms with Gasteiger partial charge in [0.25, 0.3) is 5.79 Å².